The molecule has 2 rings (SSSR count). The number of rotatable bonds is 2. The molecule has 0 unspecified atom stereocenters. The summed E-state index contributed by atoms with van der Waals surface area (Å²) in [6.07, 6.45) is 8.61. The van der Waals surface area contributed by atoms with Crippen LogP contribution < -0.4 is 0 Å². The van der Waals surface area contributed by atoms with Crippen molar-refractivity contribution in [1.29, 1.82) is 0 Å². The van der Waals surface area contributed by atoms with Crippen LogP contribution >= 0.6 is 0 Å². The van der Waals surface area contributed by atoms with Crippen LogP contribution in [0, 0.1) is 17.8 Å². The lowest BCUT2D eigenvalue weighted by atomic mass is 9.87. The highest BCUT2D eigenvalue weighted by molar-refractivity contribution is 5.79. The summed E-state index contributed by atoms with van der Waals surface area (Å²) in [7, 11) is 0. The Hall–Kier alpha value is -1.55. The molecule has 1 saturated carbocycles. The summed E-state index contributed by atoms with van der Waals surface area (Å²) in [6, 6.07) is 7.53. The average molecular weight is 226 g/mol. The van der Waals surface area contributed by atoms with Gasteiger partial charge in [0.25, 0.3) is 0 Å². The molecule has 0 N–H and O–H groups in total. The molecular weight excluding hydrogens is 208 g/mol. The van der Waals surface area contributed by atoms with E-state index < -0.39 is 0 Å². The van der Waals surface area contributed by atoms with Gasteiger partial charge in [-0.25, -0.2) is 0 Å². The normalized spacial score (nSPS) is 16.0. The second-order valence-electron chi connectivity index (χ2n) is 4.72. The van der Waals surface area contributed by atoms with Crippen LogP contribution in [-0.2, 0) is 0 Å². The van der Waals surface area contributed by atoms with Gasteiger partial charge in [0.05, 0.1) is 0 Å². The van der Waals surface area contributed by atoms with E-state index in [-0.39, 0.29) is 0 Å². The fourth-order valence-electron chi connectivity index (χ4n) is 2.40. The van der Waals surface area contributed by atoms with E-state index in [1.807, 2.05) is 24.3 Å². The molecule has 1 fully saturated rings. The summed E-state index contributed by atoms with van der Waals surface area (Å²) in [5, 5.41) is 0. The molecule has 1 heteroatoms. The third kappa shape index (κ3) is 3.46. The molecule has 1 aromatic carbocycles. The molecule has 0 amide bonds. The Kier molecular flexibility index (Phi) is 4.38. The van der Waals surface area contributed by atoms with Gasteiger partial charge in [-0.1, -0.05) is 49.3 Å². The van der Waals surface area contributed by atoms with Crippen molar-refractivity contribution in [2.45, 2.75) is 38.5 Å². The number of carbonyl (C=O) groups excluding carboxylic acids is 1. The summed E-state index contributed by atoms with van der Waals surface area (Å²) in [6.45, 7) is 0. The maximum absolute atomic E-state index is 10.8. The van der Waals surface area contributed by atoms with Crippen LogP contribution in [0.5, 0.6) is 0 Å². The minimum Gasteiger partial charge on any atom is -0.298 e. The lowest BCUT2D eigenvalue weighted by molar-refractivity contribution is 0.112. The van der Waals surface area contributed by atoms with Crippen molar-refractivity contribution >= 4 is 6.29 Å². The molecule has 1 nitrogen and oxygen atoms in total. The number of aldehydes is 1. The summed E-state index contributed by atoms with van der Waals surface area (Å²) < 4.78 is 0. The van der Waals surface area contributed by atoms with E-state index in [9.17, 15) is 4.79 Å². The van der Waals surface area contributed by atoms with Crippen molar-refractivity contribution in [3.63, 3.8) is 0 Å². The summed E-state index contributed by atoms with van der Waals surface area (Å²) in [5.74, 6) is 7.14. The molecule has 0 aliphatic heterocycles. The summed E-state index contributed by atoms with van der Waals surface area (Å²) in [4.78, 5) is 10.8. The van der Waals surface area contributed by atoms with Crippen molar-refractivity contribution < 1.29 is 4.79 Å². The smallest absolute Gasteiger partial charge is 0.151 e. The van der Waals surface area contributed by atoms with E-state index in [4.69, 9.17) is 0 Å². The van der Waals surface area contributed by atoms with Crippen molar-refractivity contribution in [3.8, 4) is 11.8 Å². The molecule has 88 valence electrons. The lowest BCUT2D eigenvalue weighted by Crippen LogP contribution is -2.04. The Morgan fingerprint density at radius 3 is 2.71 bits per heavy atom. The van der Waals surface area contributed by atoms with Crippen LogP contribution in [0.1, 0.15) is 54.4 Å². The van der Waals surface area contributed by atoms with E-state index >= 15 is 0 Å². The van der Waals surface area contributed by atoms with Crippen molar-refractivity contribution in [1.82, 2.24) is 0 Å². The van der Waals surface area contributed by atoms with E-state index in [2.05, 4.69) is 11.8 Å². The monoisotopic (exact) mass is 226 g/mol. The van der Waals surface area contributed by atoms with Crippen LogP contribution in [0.2, 0.25) is 0 Å². The van der Waals surface area contributed by atoms with E-state index in [1.165, 1.54) is 32.1 Å². The van der Waals surface area contributed by atoms with Gasteiger partial charge in [-0.2, -0.15) is 0 Å². The highest BCUT2D eigenvalue weighted by Gasteiger charge is 2.11. The first-order valence-electron chi connectivity index (χ1n) is 6.43. The molecule has 0 bridgehead atoms. The van der Waals surface area contributed by atoms with Crippen LogP contribution in [0.3, 0.4) is 0 Å². The highest BCUT2D eigenvalue weighted by Crippen LogP contribution is 2.25. The zero-order chi connectivity index (χ0) is 11.9. The standard InChI is InChI=1S/C16H18O/c17-13-16-11-5-4-10-15(16)12-6-9-14-7-2-1-3-8-14/h4-5,10-11,13-14H,1-3,7-9H2. The first kappa shape index (κ1) is 11.9. The predicted octanol–water partition coefficient (Wildman–Crippen LogP) is 3.82. The second kappa shape index (κ2) is 6.25. The third-order valence-corrected chi connectivity index (χ3v) is 3.43. The first-order valence-corrected chi connectivity index (χ1v) is 6.43. The Morgan fingerprint density at radius 2 is 1.94 bits per heavy atom. The predicted molar refractivity (Wildman–Crippen MR) is 69.9 cm³/mol. The number of benzene rings is 1. The number of hydrogen-bond donors (Lipinski definition) is 0. The van der Waals surface area contributed by atoms with Gasteiger partial charge in [0.1, 0.15) is 0 Å². The van der Waals surface area contributed by atoms with Crippen LogP contribution in [0.15, 0.2) is 24.3 Å². The minimum absolute atomic E-state index is 0.698. The first-order chi connectivity index (χ1) is 8.40. The van der Waals surface area contributed by atoms with Gasteiger partial charge in [-0.3, -0.25) is 4.79 Å². The number of carbonyl (C=O) groups is 1. The molecule has 0 spiro atoms. The third-order valence-electron chi connectivity index (χ3n) is 3.43. The molecular formula is C16H18O. The largest absolute Gasteiger partial charge is 0.298 e. The number of hydrogen-bond acceptors (Lipinski definition) is 1. The Balaban J connectivity index is 1.98. The fourth-order valence-corrected chi connectivity index (χ4v) is 2.40. The summed E-state index contributed by atoms with van der Waals surface area (Å²) >= 11 is 0. The molecule has 1 aliphatic rings. The minimum atomic E-state index is 0.698. The lowest BCUT2D eigenvalue weighted by Gasteiger charge is -2.18. The van der Waals surface area contributed by atoms with Crippen molar-refractivity contribution in [2.75, 3.05) is 0 Å². The molecule has 1 aliphatic carbocycles. The van der Waals surface area contributed by atoms with E-state index in [0.29, 0.717) is 5.56 Å². The molecule has 0 heterocycles. The van der Waals surface area contributed by atoms with Crippen molar-refractivity contribution in [3.05, 3.63) is 35.4 Å². The van der Waals surface area contributed by atoms with Gasteiger partial charge < -0.3 is 0 Å². The van der Waals surface area contributed by atoms with Crippen LogP contribution in [-0.4, -0.2) is 6.29 Å². The van der Waals surface area contributed by atoms with Crippen molar-refractivity contribution in [2.24, 2.45) is 5.92 Å². The maximum Gasteiger partial charge on any atom is 0.151 e. The van der Waals surface area contributed by atoms with Gasteiger partial charge in [-0.05, 0) is 24.8 Å². The molecule has 1 aromatic rings. The fraction of sp³-hybridized carbons (Fsp3) is 0.438. The Labute approximate surface area is 103 Å². The van der Waals surface area contributed by atoms with Gasteiger partial charge >= 0.3 is 0 Å². The van der Waals surface area contributed by atoms with Gasteiger partial charge in [0.15, 0.2) is 6.29 Å². The van der Waals surface area contributed by atoms with E-state index in [0.717, 1.165) is 24.2 Å². The average Bonchev–Trinajstić information content (AvgIpc) is 2.40. The Morgan fingerprint density at radius 1 is 1.18 bits per heavy atom. The molecule has 0 radical (unpaired) electrons. The zero-order valence-electron chi connectivity index (χ0n) is 10.1. The SMILES string of the molecule is O=Cc1ccccc1C#CCC1CCCCC1. The molecule has 0 saturated heterocycles. The molecule has 17 heavy (non-hydrogen) atoms. The zero-order valence-corrected chi connectivity index (χ0v) is 10.1. The van der Waals surface area contributed by atoms with Gasteiger partial charge in [-0.15, -0.1) is 0 Å². The Bertz CT molecular complexity index is 430. The van der Waals surface area contributed by atoms with Crippen LogP contribution in [0.4, 0.5) is 0 Å². The topological polar surface area (TPSA) is 17.1 Å². The molecule has 0 aromatic heterocycles. The van der Waals surface area contributed by atoms with E-state index in [1.54, 1.807) is 0 Å². The van der Waals surface area contributed by atoms with Gasteiger partial charge in [0, 0.05) is 17.5 Å². The second-order valence-corrected chi connectivity index (χ2v) is 4.72. The van der Waals surface area contributed by atoms with Gasteiger partial charge in [0.2, 0.25) is 0 Å². The molecule has 0 atom stereocenters. The van der Waals surface area contributed by atoms with Crippen LogP contribution in [0.25, 0.3) is 0 Å². The maximum atomic E-state index is 10.8. The quantitative estimate of drug-likeness (QED) is 0.553. The summed E-state index contributed by atoms with van der Waals surface area (Å²) in [5.41, 5.74) is 1.56. The highest BCUT2D eigenvalue weighted by atomic mass is 16.1.